The van der Waals surface area contributed by atoms with E-state index in [1.807, 2.05) is 20.8 Å². The van der Waals surface area contributed by atoms with Gasteiger partial charge in [0.25, 0.3) is 0 Å². The van der Waals surface area contributed by atoms with Gasteiger partial charge in [0, 0.05) is 37.0 Å². The number of allylic oxidation sites excluding steroid dienone is 3. The SMILES string of the molecule is [2H]C([2H])([2H])C1=NC2OC3=C([C@@H]4NCC=C5C=C(C([2H])([2H])C(C)(C)C)S[C@@H]54)CCCC3C2CC1. The summed E-state index contributed by atoms with van der Waals surface area (Å²) < 4.78 is 47.2. The highest BCUT2D eigenvalue weighted by Gasteiger charge is 2.47. The van der Waals surface area contributed by atoms with Crippen LogP contribution in [0.25, 0.3) is 0 Å². The first-order valence-corrected chi connectivity index (χ1v) is 11.5. The molecule has 0 saturated carbocycles. The largest absolute Gasteiger partial charge is 0.472 e. The van der Waals surface area contributed by atoms with Crippen LogP contribution in [0.15, 0.2) is 39.0 Å². The molecule has 0 aromatic carbocycles. The lowest BCUT2D eigenvalue weighted by Gasteiger charge is -2.35. The zero-order chi connectivity index (χ0) is 23.8. The van der Waals surface area contributed by atoms with Crippen molar-refractivity contribution in [3.63, 3.8) is 0 Å². The number of thioether (sulfide) groups is 1. The van der Waals surface area contributed by atoms with E-state index < -0.39 is 18.6 Å². The molecule has 4 aliphatic heterocycles. The molecule has 1 fully saturated rings. The van der Waals surface area contributed by atoms with Crippen molar-refractivity contribution in [3.05, 3.63) is 34.0 Å². The highest BCUT2D eigenvalue weighted by Crippen LogP contribution is 2.51. The Labute approximate surface area is 181 Å². The van der Waals surface area contributed by atoms with E-state index in [0.29, 0.717) is 18.1 Å². The molecule has 4 heteroatoms. The second kappa shape index (κ2) is 7.05. The van der Waals surface area contributed by atoms with E-state index in [-0.39, 0.29) is 23.4 Å². The van der Waals surface area contributed by atoms with E-state index in [4.69, 9.17) is 11.6 Å². The molecule has 3 unspecified atom stereocenters. The first-order chi connectivity index (χ1) is 15.4. The monoisotopic (exact) mass is 403 g/mol. The third-order valence-corrected chi connectivity index (χ3v) is 7.75. The normalized spacial score (nSPS) is 41.0. The van der Waals surface area contributed by atoms with Gasteiger partial charge in [0.15, 0.2) is 6.23 Å². The van der Waals surface area contributed by atoms with Crippen molar-refractivity contribution in [1.82, 2.24) is 5.32 Å². The highest BCUT2D eigenvalue weighted by molar-refractivity contribution is 8.04. The molecule has 5 atom stereocenters. The molecule has 1 saturated heterocycles. The first-order valence-electron chi connectivity index (χ1n) is 13.2. The van der Waals surface area contributed by atoms with E-state index in [9.17, 15) is 0 Å². The Kier molecular flexibility index (Phi) is 3.55. The fourth-order valence-electron chi connectivity index (χ4n) is 5.35. The quantitative estimate of drug-likeness (QED) is 0.651. The summed E-state index contributed by atoms with van der Waals surface area (Å²) >= 11 is 1.66. The van der Waals surface area contributed by atoms with Gasteiger partial charge in [-0.3, -0.25) is 4.99 Å². The molecule has 1 N–H and O–H groups in total. The Morgan fingerprint density at radius 3 is 3.07 bits per heavy atom. The van der Waals surface area contributed by atoms with Gasteiger partial charge < -0.3 is 10.1 Å². The summed E-state index contributed by atoms with van der Waals surface area (Å²) in [4.78, 5) is 5.37. The number of hydrogen-bond donors (Lipinski definition) is 1. The molecule has 3 nitrogen and oxygen atoms in total. The van der Waals surface area contributed by atoms with Gasteiger partial charge in [-0.15, -0.1) is 11.8 Å². The van der Waals surface area contributed by atoms with Crippen LogP contribution in [-0.2, 0) is 4.74 Å². The maximum Gasteiger partial charge on any atom is 0.192 e. The van der Waals surface area contributed by atoms with Crippen LogP contribution in [-0.4, -0.2) is 29.8 Å². The van der Waals surface area contributed by atoms with Gasteiger partial charge in [-0.25, -0.2) is 0 Å². The van der Waals surface area contributed by atoms with E-state index in [0.717, 1.165) is 42.9 Å². The lowest BCUT2D eigenvalue weighted by atomic mass is 9.76. The minimum Gasteiger partial charge on any atom is -0.472 e. The van der Waals surface area contributed by atoms with Crippen molar-refractivity contribution in [3.8, 4) is 0 Å². The topological polar surface area (TPSA) is 33.6 Å². The van der Waals surface area contributed by atoms with Crippen LogP contribution in [0.2, 0.25) is 0 Å². The Morgan fingerprint density at radius 2 is 2.25 bits per heavy atom. The average molecular weight is 404 g/mol. The van der Waals surface area contributed by atoms with Gasteiger partial charge in [-0.2, -0.15) is 0 Å². The summed E-state index contributed by atoms with van der Waals surface area (Å²) in [5, 5.41) is 3.82. The second-order valence-corrected chi connectivity index (χ2v) is 10.9. The fourth-order valence-corrected chi connectivity index (χ4v) is 6.89. The van der Waals surface area contributed by atoms with Crippen LogP contribution in [0.1, 0.15) is 73.0 Å². The Hall–Kier alpha value is -1.00. The molecule has 5 rings (SSSR count). The molecule has 0 spiro atoms. The molecule has 0 aromatic rings. The summed E-state index contributed by atoms with van der Waals surface area (Å²) in [6.07, 6.45) is 6.98. The van der Waals surface area contributed by atoms with Crippen molar-refractivity contribution >= 4 is 17.5 Å². The van der Waals surface area contributed by atoms with Crippen molar-refractivity contribution in [2.45, 2.75) is 83.6 Å². The van der Waals surface area contributed by atoms with E-state index >= 15 is 0 Å². The van der Waals surface area contributed by atoms with Crippen LogP contribution in [0.3, 0.4) is 0 Å². The predicted molar refractivity (Wildman–Crippen MR) is 118 cm³/mol. The summed E-state index contributed by atoms with van der Waals surface area (Å²) in [5.41, 5.74) is 2.32. The Balaban J connectivity index is 1.44. The van der Waals surface area contributed by atoms with E-state index in [1.54, 1.807) is 11.8 Å². The Morgan fingerprint density at radius 1 is 1.36 bits per heavy atom. The summed E-state index contributed by atoms with van der Waals surface area (Å²) in [6.45, 7) is 4.49. The molecule has 152 valence electrons. The molecule has 0 amide bonds. The first kappa shape index (κ1) is 14.1. The summed E-state index contributed by atoms with van der Waals surface area (Å²) in [6, 6.07) is 0.100. The molecular weight excluding hydrogens is 364 g/mol. The number of rotatable bonds is 2. The molecule has 0 bridgehead atoms. The van der Waals surface area contributed by atoms with Crippen LogP contribution in [0.5, 0.6) is 0 Å². The Bertz CT molecular complexity index is 959. The van der Waals surface area contributed by atoms with Crippen LogP contribution >= 0.6 is 11.8 Å². The zero-order valence-electron chi connectivity index (χ0n) is 22.0. The maximum absolute atomic E-state index is 8.77. The fraction of sp³-hybridized carbons (Fsp3) is 0.708. The summed E-state index contributed by atoms with van der Waals surface area (Å²) in [7, 11) is 0. The average Bonchev–Trinajstić information content (AvgIpc) is 3.33. The molecule has 1 aliphatic carbocycles. The van der Waals surface area contributed by atoms with Crippen molar-refractivity contribution in [1.29, 1.82) is 0 Å². The van der Waals surface area contributed by atoms with Gasteiger partial charge in [-0.05, 0) is 72.9 Å². The van der Waals surface area contributed by atoms with Gasteiger partial charge in [0.2, 0.25) is 0 Å². The van der Waals surface area contributed by atoms with Crippen molar-refractivity contribution < 1.29 is 11.6 Å². The number of ether oxygens (including phenoxy) is 1. The molecular formula is C24H34N2OS. The predicted octanol–water partition coefficient (Wildman–Crippen LogP) is 5.60. The number of aliphatic imine (C=N–C) groups is 1. The number of fused-ring (bicyclic) bond motifs is 4. The standard InChI is InChI=1S/C24H34N2OS/c1-14-8-9-18-17-6-5-7-19(21(17)27-23(18)26-14)20-22-15(10-11-25-20)12-16(28-22)13-24(2,3)4/h10,12,17-18,20,22-23,25H,5-9,11,13H2,1-4H3/t17?,18?,20-,22-,23?/m0/s1/i1D3,13D2. The maximum atomic E-state index is 8.77. The number of nitrogens with one attached hydrogen (secondary N) is 1. The van der Waals surface area contributed by atoms with Gasteiger partial charge in [0.1, 0.15) is 5.76 Å². The highest BCUT2D eigenvalue weighted by atomic mass is 32.2. The molecule has 28 heavy (non-hydrogen) atoms. The van der Waals surface area contributed by atoms with Crippen LogP contribution in [0, 0.1) is 17.3 Å². The number of nitrogens with zero attached hydrogens (tertiary/aromatic N) is 1. The van der Waals surface area contributed by atoms with Gasteiger partial charge in [0.05, 0.1) is 5.25 Å². The van der Waals surface area contributed by atoms with Gasteiger partial charge in [-0.1, -0.05) is 26.8 Å². The van der Waals surface area contributed by atoms with E-state index in [1.165, 1.54) is 11.1 Å². The smallest absolute Gasteiger partial charge is 0.192 e. The third kappa shape index (κ3) is 3.41. The van der Waals surface area contributed by atoms with Crippen molar-refractivity contribution in [2.75, 3.05) is 6.54 Å². The third-order valence-electron chi connectivity index (χ3n) is 6.47. The van der Waals surface area contributed by atoms with Gasteiger partial charge >= 0.3 is 0 Å². The molecule has 0 aromatic heterocycles. The lowest BCUT2D eigenvalue weighted by molar-refractivity contribution is 0.128. The second-order valence-electron chi connectivity index (χ2n) is 9.69. The van der Waals surface area contributed by atoms with Crippen LogP contribution in [0.4, 0.5) is 0 Å². The minimum atomic E-state index is -2.14. The van der Waals surface area contributed by atoms with Crippen LogP contribution < -0.4 is 5.32 Å². The summed E-state index contributed by atoms with van der Waals surface area (Å²) in [5.74, 6) is 1.62. The molecule has 0 radical (unpaired) electrons. The van der Waals surface area contributed by atoms with Crippen molar-refractivity contribution in [2.24, 2.45) is 22.2 Å². The van der Waals surface area contributed by atoms with E-state index in [2.05, 4.69) is 22.5 Å². The number of hydrogen-bond acceptors (Lipinski definition) is 4. The lowest BCUT2D eigenvalue weighted by Crippen LogP contribution is -2.44. The molecule has 4 heterocycles. The molecule has 5 aliphatic rings. The minimum absolute atomic E-state index is 0.100. The zero-order valence-corrected chi connectivity index (χ0v) is 17.9.